The Morgan fingerprint density at radius 3 is 2.15 bits per heavy atom. The van der Waals surface area contributed by atoms with Crippen LogP contribution in [-0.4, -0.2) is 94.0 Å². The Hall–Kier alpha value is -5.37. The maximum absolute atomic E-state index is 13.6. The number of piperidine rings is 1. The summed E-state index contributed by atoms with van der Waals surface area (Å²) in [6, 6.07) is 8.39. The van der Waals surface area contributed by atoms with E-state index in [1.165, 1.54) is 18.2 Å². The first-order valence-electron chi connectivity index (χ1n) is 19.7. The summed E-state index contributed by atoms with van der Waals surface area (Å²) >= 11 is 0. The van der Waals surface area contributed by atoms with Crippen LogP contribution in [0.15, 0.2) is 41.5 Å². The molecule has 4 aromatic rings. The van der Waals surface area contributed by atoms with Crippen molar-refractivity contribution in [1.29, 1.82) is 0 Å². The van der Waals surface area contributed by atoms with E-state index in [-0.39, 0.29) is 34.9 Å². The molecule has 1 aromatic carbocycles. The lowest BCUT2D eigenvalue weighted by atomic mass is 10.0. The predicted molar refractivity (Wildman–Crippen MR) is 214 cm³/mol. The molecule has 288 valence electrons. The number of rotatable bonds is 8. The molecule has 4 fully saturated rings. The number of fused-ring (bicyclic) bond motifs is 1. The minimum Gasteiger partial charge on any atom is -0.370 e. The van der Waals surface area contributed by atoms with Gasteiger partial charge in [-0.3, -0.25) is 34.1 Å². The second-order valence-corrected chi connectivity index (χ2v) is 15.5. The third-order valence-corrected chi connectivity index (χ3v) is 12.3. The van der Waals surface area contributed by atoms with E-state index >= 15 is 0 Å². The van der Waals surface area contributed by atoms with Crippen molar-refractivity contribution in [3.63, 3.8) is 0 Å². The van der Waals surface area contributed by atoms with Gasteiger partial charge in [0.05, 0.1) is 17.4 Å². The molecule has 3 aromatic heterocycles. The molecular formula is C41H50N10O4. The number of carbonyl (C=O) groups excluding carboxylic acids is 3. The average Bonchev–Trinajstić information content (AvgIpc) is 3.71. The number of ketones is 1. The van der Waals surface area contributed by atoms with E-state index in [9.17, 15) is 19.2 Å². The molecule has 0 bridgehead atoms. The van der Waals surface area contributed by atoms with Crippen LogP contribution in [0.3, 0.4) is 0 Å². The standard InChI is InChI=1S/C41H50N10O4/c1-25-26(2)34(50-18-15-36(53)45-41(50)55)11-10-33(25)49-21-19-48(20-22-49)29-13-16-47(17-14-29)31-9-12-35(42-23-31)44-40-43-24-32-27(3)37(28(4)52)39(54)51(38(32)46-40)30-7-5-6-8-30/h9-12,23-24,29-30H,5-8,13-22H2,1-4H3,(H,45,53,55)(H,42,43,44,46). The Labute approximate surface area is 320 Å². The molecule has 4 aliphatic rings. The van der Waals surface area contributed by atoms with Crippen LogP contribution in [0.4, 0.5) is 33.6 Å². The number of nitrogens with one attached hydrogen (secondary N) is 2. The number of carbonyl (C=O) groups is 3. The molecule has 2 N–H and O–H groups in total. The van der Waals surface area contributed by atoms with E-state index in [1.54, 1.807) is 22.6 Å². The molecule has 3 saturated heterocycles. The topological polar surface area (TPSA) is 149 Å². The third kappa shape index (κ3) is 7.03. The zero-order chi connectivity index (χ0) is 38.4. The highest BCUT2D eigenvalue weighted by molar-refractivity contribution is 6.06. The van der Waals surface area contributed by atoms with E-state index in [4.69, 9.17) is 9.97 Å². The molecule has 3 amide bonds. The second-order valence-electron chi connectivity index (χ2n) is 15.5. The van der Waals surface area contributed by atoms with Crippen molar-refractivity contribution in [3.8, 4) is 0 Å². The number of Topliss-reactive ketones (excluding diaryl/α,β-unsaturated/α-hetero) is 1. The lowest BCUT2D eigenvalue weighted by Crippen LogP contribution is -2.53. The number of aromatic nitrogens is 4. The quantitative estimate of drug-likeness (QED) is 0.223. The normalized spacial score (nSPS) is 19.0. The zero-order valence-electron chi connectivity index (χ0n) is 32.2. The fourth-order valence-electron chi connectivity index (χ4n) is 9.11. The van der Waals surface area contributed by atoms with Gasteiger partial charge in [0.25, 0.3) is 5.56 Å². The Morgan fingerprint density at radius 2 is 1.47 bits per heavy atom. The number of anilines is 5. The number of nitrogens with zero attached hydrogens (tertiary/aromatic N) is 8. The number of hydrogen-bond acceptors (Lipinski definition) is 11. The summed E-state index contributed by atoms with van der Waals surface area (Å²) in [6.45, 7) is 13.7. The van der Waals surface area contributed by atoms with E-state index < -0.39 is 0 Å². The van der Waals surface area contributed by atoms with Crippen LogP contribution in [0.2, 0.25) is 0 Å². The van der Waals surface area contributed by atoms with Crippen LogP contribution in [0.25, 0.3) is 11.0 Å². The monoisotopic (exact) mass is 746 g/mol. The molecule has 14 heteroatoms. The molecule has 8 rings (SSSR count). The van der Waals surface area contributed by atoms with Crippen LogP contribution < -0.4 is 30.9 Å². The van der Waals surface area contributed by atoms with Crippen LogP contribution in [-0.2, 0) is 4.79 Å². The van der Waals surface area contributed by atoms with Gasteiger partial charge in [-0.05, 0) is 94.3 Å². The van der Waals surface area contributed by atoms with Crippen molar-refractivity contribution in [2.75, 3.05) is 65.8 Å². The summed E-state index contributed by atoms with van der Waals surface area (Å²) < 4.78 is 1.73. The number of pyridine rings is 2. The fourth-order valence-corrected chi connectivity index (χ4v) is 9.11. The fraction of sp³-hybridized carbons (Fsp3) is 0.488. The summed E-state index contributed by atoms with van der Waals surface area (Å²) in [4.78, 5) is 73.4. The van der Waals surface area contributed by atoms with Gasteiger partial charge in [-0.1, -0.05) is 12.8 Å². The van der Waals surface area contributed by atoms with Gasteiger partial charge in [0.2, 0.25) is 11.9 Å². The predicted octanol–water partition coefficient (Wildman–Crippen LogP) is 5.41. The molecular weight excluding hydrogens is 697 g/mol. The van der Waals surface area contributed by atoms with Crippen molar-refractivity contribution in [2.24, 2.45) is 0 Å². The van der Waals surface area contributed by atoms with Crippen molar-refractivity contribution < 1.29 is 14.4 Å². The van der Waals surface area contributed by atoms with Crippen molar-refractivity contribution in [2.45, 2.75) is 84.7 Å². The van der Waals surface area contributed by atoms with Gasteiger partial charge in [0.15, 0.2) is 5.78 Å². The first-order chi connectivity index (χ1) is 26.6. The van der Waals surface area contributed by atoms with Crippen LogP contribution in [0.1, 0.15) is 85.0 Å². The first-order valence-corrected chi connectivity index (χ1v) is 19.7. The number of aryl methyl sites for hydroxylation is 1. The molecule has 0 spiro atoms. The van der Waals surface area contributed by atoms with Crippen molar-refractivity contribution in [1.82, 2.24) is 29.7 Å². The number of hydrogen-bond donors (Lipinski definition) is 2. The van der Waals surface area contributed by atoms with Gasteiger partial charge in [-0.2, -0.15) is 4.98 Å². The van der Waals surface area contributed by atoms with Crippen LogP contribution >= 0.6 is 0 Å². The lowest BCUT2D eigenvalue weighted by molar-refractivity contribution is -0.120. The van der Waals surface area contributed by atoms with E-state index in [1.807, 2.05) is 18.3 Å². The number of benzene rings is 1. The molecule has 14 nitrogen and oxygen atoms in total. The average molecular weight is 747 g/mol. The van der Waals surface area contributed by atoms with Gasteiger partial charge >= 0.3 is 6.03 Å². The minimum atomic E-state index is -0.348. The number of urea groups is 1. The molecule has 0 atom stereocenters. The van der Waals surface area contributed by atoms with E-state index in [0.717, 1.165) is 100 Å². The molecule has 6 heterocycles. The summed E-state index contributed by atoms with van der Waals surface area (Å²) in [5.41, 5.74) is 6.55. The molecule has 55 heavy (non-hydrogen) atoms. The Morgan fingerprint density at radius 1 is 0.764 bits per heavy atom. The Bertz CT molecular complexity index is 2200. The first kappa shape index (κ1) is 36.6. The smallest absolute Gasteiger partial charge is 0.328 e. The molecule has 0 unspecified atom stereocenters. The zero-order valence-corrected chi connectivity index (χ0v) is 32.2. The van der Waals surface area contributed by atoms with Gasteiger partial charge < -0.3 is 15.1 Å². The van der Waals surface area contributed by atoms with Gasteiger partial charge in [-0.25, -0.2) is 14.8 Å². The molecule has 0 radical (unpaired) electrons. The largest absolute Gasteiger partial charge is 0.370 e. The van der Waals surface area contributed by atoms with Crippen molar-refractivity contribution in [3.05, 3.63) is 69.3 Å². The summed E-state index contributed by atoms with van der Waals surface area (Å²) in [5.74, 6) is 0.530. The Balaban J connectivity index is 0.870. The summed E-state index contributed by atoms with van der Waals surface area (Å²) in [6.07, 6.45) is 9.98. The second kappa shape index (κ2) is 15.0. The number of imide groups is 1. The lowest BCUT2D eigenvalue weighted by Gasteiger charge is -2.44. The van der Waals surface area contributed by atoms with Gasteiger partial charge in [-0.15, -0.1) is 0 Å². The number of amides is 3. The minimum absolute atomic E-state index is 0.0212. The highest BCUT2D eigenvalue weighted by atomic mass is 16.2. The molecule has 3 aliphatic heterocycles. The van der Waals surface area contributed by atoms with Crippen molar-refractivity contribution >= 4 is 57.6 Å². The van der Waals surface area contributed by atoms with E-state index in [0.29, 0.717) is 42.0 Å². The molecule has 1 aliphatic carbocycles. The van der Waals surface area contributed by atoms with Crippen LogP contribution in [0, 0.1) is 20.8 Å². The maximum Gasteiger partial charge on any atom is 0.328 e. The highest BCUT2D eigenvalue weighted by Gasteiger charge is 2.31. The highest BCUT2D eigenvalue weighted by Crippen LogP contribution is 2.34. The third-order valence-electron chi connectivity index (χ3n) is 12.3. The van der Waals surface area contributed by atoms with Gasteiger partial charge in [0.1, 0.15) is 11.5 Å². The summed E-state index contributed by atoms with van der Waals surface area (Å²) in [7, 11) is 0. The van der Waals surface area contributed by atoms with E-state index in [2.05, 4.69) is 56.3 Å². The molecule has 1 saturated carbocycles. The Kier molecular flexibility index (Phi) is 10.0. The van der Waals surface area contributed by atoms with Gasteiger partial charge in [0, 0.05) is 87.3 Å². The number of piperazine rings is 1. The maximum atomic E-state index is 13.6. The SMILES string of the molecule is CC(=O)c1c(C)c2cnc(Nc3ccc(N4CCC(N5CCN(c6ccc(N7CCC(=O)NC7=O)c(C)c6C)CC5)CC4)cn3)nc2n(C2CCCC2)c1=O. The van der Waals surface area contributed by atoms with Crippen LogP contribution in [0.5, 0.6) is 0 Å². The summed E-state index contributed by atoms with van der Waals surface area (Å²) in [5, 5.41) is 6.39.